The molecule has 1 heterocycles. The molecule has 32 heavy (non-hydrogen) atoms. The summed E-state index contributed by atoms with van der Waals surface area (Å²) in [7, 11) is 1.64. The van der Waals surface area contributed by atoms with Crippen molar-refractivity contribution in [3.63, 3.8) is 0 Å². The third-order valence-electron chi connectivity index (χ3n) is 5.23. The van der Waals surface area contributed by atoms with E-state index in [1.807, 2.05) is 61.5 Å². The zero-order valence-corrected chi connectivity index (χ0v) is 18.5. The Morgan fingerprint density at radius 2 is 1.88 bits per heavy atom. The number of nitrogens with zero attached hydrogens (tertiary/aromatic N) is 2. The highest BCUT2D eigenvalue weighted by molar-refractivity contribution is 5.43. The molecule has 0 saturated heterocycles. The largest absolute Gasteiger partial charge is 0.497 e. The lowest BCUT2D eigenvalue weighted by molar-refractivity contribution is 0.204. The Kier molecular flexibility index (Phi) is 8.51. The Hall–Kier alpha value is -3.52. The van der Waals surface area contributed by atoms with Crippen LogP contribution in [0.4, 0.5) is 0 Å². The number of nitrogens with two attached hydrogens (primary N) is 1. The van der Waals surface area contributed by atoms with Gasteiger partial charge in [0, 0.05) is 13.2 Å². The summed E-state index contributed by atoms with van der Waals surface area (Å²) in [4.78, 5) is 0. The molecule has 0 spiro atoms. The Morgan fingerprint density at radius 3 is 2.53 bits per heavy atom. The number of nitrogens with one attached hydrogen (secondary N) is 2. The number of aliphatic hydroxyl groups is 1. The minimum absolute atomic E-state index is 0.0724. The Labute approximate surface area is 188 Å². The van der Waals surface area contributed by atoms with Gasteiger partial charge in [0.1, 0.15) is 18.1 Å². The summed E-state index contributed by atoms with van der Waals surface area (Å²) < 4.78 is 11.5. The van der Waals surface area contributed by atoms with Crippen molar-refractivity contribution in [2.75, 3.05) is 13.7 Å². The molecule has 170 valence electrons. The van der Waals surface area contributed by atoms with E-state index in [2.05, 4.69) is 21.0 Å². The van der Waals surface area contributed by atoms with Gasteiger partial charge in [0.05, 0.1) is 24.4 Å². The van der Waals surface area contributed by atoms with Crippen LogP contribution in [0.5, 0.6) is 5.75 Å². The van der Waals surface area contributed by atoms with E-state index in [4.69, 9.17) is 15.3 Å². The van der Waals surface area contributed by atoms with Crippen LogP contribution < -0.4 is 21.2 Å². The molecule has 0 aromatic heterocycles. The van der Waals surface area contributed by atoms with Crippen LogP contribution in [0.1, 0.15) is 30.9 Å². The van der Waals surface area contributed by atoms with Crippen molar-refractivity contribution in [2.24, 2.45) is 16.2 Å². The molecule has 0 amide bonds. The van der Waals surface area contributed by atoms with Gasteiger partial charge in [0.25, 0.3) is 0 Å². The van der Waals surface area contributed by atoms with Crippen molar-refractivity contribution in [2.45, 2.75) is 39.0 Å². The summed E-state index contributed by atoms with van der Waals surface area (Å²) in [6, 6.07) is 17.7. The van der Waals surface area contributed by atoms with Gasteiger partial charge in [-0.05, 0) is 43.0 Å². The normalized spacial score (nSPS) is 17.4. The predicted molar refractivity (Wildman–Crippen MR) is 123 cm³/mol. The molecule has 1 unspecified atom stereocenters. The van der Waals surface area contributed by atoms with E-state index < -0.39 is 0 Å². The fourth-order valence-corrected chi connectivity index (χ4v) is 3.63. The molecule has 8 nitrogen and oxygen atoms in total. The highest BCUT2D eigenvalue weighted by atomic mass is 16.5. The minimum atomic E-state index is -0.0724. The number of hydrogen-bond donors (Lipinski definition) is 4. The maximum atomic E-state index is 9.36. The van der Waals surface area contributed by atoms with E-state index in [0.717, 1.165) is 40.3 Å². The molecule has 1 aliphatic heterocycles. The molecule has 2 aromatic rings. The number of aliphatic hydroxyl groups excluding tert-OH is 1. The summed E-state index contributed by atoms with van der Waals surface area (Å²) in [6.45, 7) is 3.04. The SMILES string of the molecule is COc1ccc(CNC(N=NN)=C2C(OCc3ccccc3)=C(C)NC2CCCO)cc1. The molecular formula is C24H31N5O3. The van der Waals surface area contributed by atoms with Crippen LogP contribution in [-0.4, -0.2) is 24.9 Å². The Balaban J connectivity index is 1.86. The molecule has 8 heteroatoms. The topological polar surface area (TPSA) is 113 Å². The standard InChI is InChI=1S/C24H31N5O3/c1-17-23(32-16-19-7-4-3-5-8-19)22(21(27-17)9-6-14-30)24(28-29-25)26-15-18-10-12-20(31-2)13-11-18/h3-5,7-8,10-13,21,26-27,30H,6,9,14-16H2,1-2H3,(H2,25,28). The number of allylic oxidation sites excluding steroid dienone is 1. The lowest BCUT2D eigenvalue weighted by atomic mass is 10.0. The van der Waals surface area contributed by atoms with Crippen LogP contribution >= 0.6 is 0 Å². The maximum Gasteiger partial charge on any atom is 0.159 e. The highest BCUT2D eigenvalue weighted by Gasteiger charge is 2.31. The van der Waals surface area contributed by atoms with E-state index in [9.17, 15) is 5.11 Å². The maximum absolute atomic E-state index is 9.36. The zero-order chi connectivity index (χ0) is 22.8. The number of hydrogen-bond acceptors (Lipinski definition) is 7. The first-order valence-electron chi connectivity index (χ1n) is 10.6. The molecule has 1 atom stereocenters. The van der Waals surface area contributed by atoms with Gasteiger partial charge in [-0.2, -0.15) is 0 Å². The third kappa shape index (κ3) is 6.01. The molecule has 1 aliphatic rings. The monoisotopic (exact) mass is 437 g/mol. The molecular weight excluding hydrogens is 406 g/mol. The smallest absolute Gasteiger partial charge is 0.159 e. The van der Waals surface area contributed by atoms with E-state index >= 15 is 0 Å². The van der Waals surface area contributed by atoms with Gasteiger partial charge in [0.2, 0.25) is 0 Å². The zero-order valence-electron chi connectivity index (χ0n) is 18.5. The van der Waals surface area contributed by atoms with Gasteiger partial charge in [-0.25, -0.2) is 0 Å². The van der Waals surface area contributed by atoms with Gasteiger partial charge in [-0.1, -0.05) is 47.7 Å². The van der Waals surface area contributed by atoms with Gasteiger partial charge in [0.15, 0.2) is 5.82 Å². The van der Waals surface area contributed by atoms with E-state index in [0.29, 0.717) is 25.4 Å². The molecule has 0 fully saturated rings. The fraction of sp³-hybridized carbons (Fsp3) is 0.333. The van der Waals surface area contributed by atoms with E-state index in [1.54, 1.807) is 7.11 Å². The van der Waals surface area contributed by atoms with Gasteiger partial charge in [-0.15, -0.1) is 5.11 Å². The predicted octanol–water partition coefficient (Wildman–Crippen LogP) is 3.51. The third-order valence-corrected chi connectivity index (χ3v) is 5.23. The molecule has 0 radical (unpaired) electrons. The van der Waals surface area contributed by atoms with Crippen LogP contribution in [0.2, 0.25) is 0 Å². The van der Waals surface area contributed by atoms with Gasteiger partial charge >= 0.3 is 0 Å². The highest BCUT2D eigenvalue weighted by Crippen LogP contribution is 2.32. The molecule has 0 aliphatic carbocycles. The van der Waals surface area contributed by atoms with Crippen LogP contribution in [-0.2, 0) is 17.9 Å². The van der Waals surface area contributed by atoms with Gasteiger partial charge < -0.3 is 31.1 Å². The van der Waals surface area contributed by atoms with E-state index in [1.165, 1.54) is 0 Å². The van der Waals surface area contributed by atoms with Crippen LogP contribution in [0, 0.1) is 0 Å². The number of benzene rings is 2. The Bertz CT molecular complexity index is 955. The molecule has 3 rings (SSSR count). The summed E-state index contributed by atoms with van der Waals surface area (Å²) in [5.74, 6) is 7.51. The van der Waals surface area contributed by atoms with Crippen molar-refractivity contribution >= 4 is 0 Å². The van der Waals surface area contributed by atoms with Crippen LogP contribution in [0.15, 0.2) is 87.8 Å². The molecule has 5 N–H and O–H groups in total. The minimum Gasteiger partial charge on any atom is -0.497 e. The van der Waals surface area contributed by atoms with Crippen molar-refractivity contribution < 1.29 is 14.6 Å². The second-order valence-electron chi connectivity index (χ2n) is 7.47. The second-order valence-corrected chi connectivity index (χ2v) is 7.47. The van der Waals surface area contributed by atoms with Crippen molar-refractivity contribution in [1.82, 2.24) is 10.6 Å². The summed E-state index contributed by atoms with van der Waals surface area (Å²) in [6.07, 6.45) is 1.36. The Morgan fingerprint density at radius 1 is 1.12 bits per heavy atom. The fourth-order valence-electron chi connectivity index (χ4n) is 3.63. The first-order chi connectivity index (χ1) is 15.7. The molecule has 0 saturated carbocycles. The van der Waals surface area contributed by atoms with Crippen LogP contribution in [0.25, 0.3) is 0 Å². The van der Waals surface area contributed by atoms with Gasteiger partial charge in [-0.3, -0.25) is 0 Å². The lowest BCUT2D eigenvalue weighted by Crippen LogP contribution is -2.27. The number of ether oxygens (including phenoxy) is 2. The average Bonchev–Trinajstić information content (AvgIpc) is 3.14. The average molecular weight is 438 g/mol. The van der Waals surface area contributed by atoms with Crippen molar-refractivity contribution in [3.05, 3.63) is 88.6 Å². The second kappa shape index (κ2) is 11.8. The summed E-state index contributed by atoms with van der Waals surface area (Å²) in [5.41, 5.74) is 3.89. The van der Waals surface area contributed by atoms with Crippen molar-refractivity contribution in [1.29, 1.82) is 0 Å². The van der Waals surface area contributed by atoms with E-state index in [-0.39, 0.29) is 12.6 Å². The number of methoxy groups -OCH3 is 1. The number of rotatable bonds is 11. The van der Waals surface area contributed by atoms with Crippen LogP contribution in [0.3, 0.4) is 0 Å². The summed E-state index contributed by atoms with van der Waals surface area (Å²) >= 11 is 0. The lowest BCUT2D eigenvalue weighted by Gasteiger charge is -2.18. The summed E-state index contributed by atoms with van der Waals surface area (Å²) in [5, 5.41) is 23.9. The molecule has 2 aromatic carbocycles. The quantitative estimate of drug-likeness (QED) is 0.243. The molecule has 0 bridgehead atoms. The van der Waals surface area contributed by atoms with Crippen molar-refractivity contribution in [3.8, 4) is 5.75 Å². The first-order valence-corrected chi connectivity index (χ1v) is 10.6. The first kappa shape index (κ1) is 23.1.